The van der Waals surface area contributed by atoms with E-state index in [0.717, 1.165) is 43.0 Å². The van der Waals surface area contributed by atoms with Crippen molar-refractivity contribution in [3.63, 3.8) is 0 Å². The van der Waals surface area contributed by atoms with Crippen LogP contribution >= 0.6 is 0 Å². The molecule has 2 N–H and O–H groups in total. The highest BCUT2D eigenvalue weighted by Crippen LogP contribution is 2.29. The zero-order valence-corrected chi connectivity index (χ0v) is 12.4. The van der Waals surface area contributed by atoms with Crippen molar-refractivity contribution in [2.75, 3.05) is 11.9 Å². The average Bonchev–Trinajstić information content (AvgIpc) is 2.53. The highest BCUT2D eigenvalue weighted by Gasteiger charge is 2.18. The molecule has 4 nitrogen and oxygen atoms in total. The van der Waals surface area contributed by atoms with Crippen LogP contribution in [0.4, 0.5) is 5.82 Å². The fourth-order valence-electron chi connectivity index (χ4n) is 2.72. The molecule has 1 aliphatic rings. The summed E-state index contributed by atoms with van der Waals surface area (Å²) >= 11 is 0. The molecule has 0 unspecified atom stereocenters. The topological polar surface area (TPSA) is 58.0 Å². The van der Waals surface area contributed by atoms with Crippen molar-refractivity contribution in [3.05, 3.63) is 35.5 Å². The third kappa shape index (κ3) is 2.99. The minimum Gasteiger partial charge on any atom is -0.508 e. The Morgan fingerprint density at radius 2 is 1.86 bits per heavy atom. The van der Waals surface area contributed by atoms with Crippen molar-refractivity contribution < 1.29 is 5.11 Å². The molecular weight excluding hydrogens is 262 g/mol. The molecule has 3 rings (SSSR count). The molecule has 0 atom stereocenters. The van der Waals surface area contributed by atoms with Crippen LogP contribution in [-0.4, -0.2) is 21.6 Å². The molecule has 2 aromatic rings. The number of aromatic nitrogens is 2. The van der Waals surface area contributed by atoms with Gasteiger partial charge in [-0.05, 0) is 56.4 Å². The van der Waals surface area contributed by atoms with Crippen molar-refractivity contribution >= 4 is 5.82 Å². The predicted molar refractivity (Wildman–Crippen MR) is 84.6 cm³/mol. The maximum Gasteiger partial charge on any atom is 0.161 e. The number of anilines is 1. The van der Waals surface area contributed by atoms with Gasteiger partial charge in [-0.15, -0.1) is 0 Å². The zero-order chi connectivity index (χ0) is 14.7. The van der Waals surface area contributed by atoms with Gasteiger partial charge in [-0.25, -0.2) is 9.97 Å². The van der Waals surface area contributed by atoms with Crippen LogP contribution in [0.5, 0.6) is 5.75 Å². The van der Waals surface area contributed by atoms with Crippen LogP contribution in [0.25, 0.3) is 11.4 Å². The number of hydrogen-bond acceptors (Lipinski definition) is 4. The molecule has 1 aliphatic carbocycles. The molecule has 21 heavy (non-hydrogen) atoms. The number of rotatable bonds is 4. The fourth-order valence-corrected chi connectivity index (χ4v) is 2.72. The quantitative estimate of drug-likeness (QED) is 0.901. The molecule has 0 aliphatic heterocycles. The minimum absolute atomic E-state index is 0.265. The third-order valence-corrected chi connectivity index (χ3v) is 3.85. The highest BCUT2D eigenvalue weighted by molar-refractivity contribution is 5.61. The Hall–Kier alpha value is -2.10. The van der Waals surface area contributed by atoms with Gasteiger partial charge in [-0.2, -0.15) is 0 Å². The van der Waals surface area contributed by atoms with Gasteiger partial charge in [0, 0.05) is 23.4 Å². The van der Waals surface area contributed by atoms with E-state index in [2.05, 4.69) is 12.2 Å². The molecular formula is C17H21N3O. The number of phenolic OH excluding ortho intramolecular Hbond substituents is 1. The van der Waals surface area contributed by atoms with E-state index in [1.54, 1.807) is 12.1 Å². The summed E-state index contributed by atoms with van der Waals surface area (Å²) < 4.78 is 0. The maximum atomic E-state index is 9.41. The molecule has 0 radical (unpaired) electrons. The van der Waals surface area contributed by atoms with Crippen LogP contribution in [0.1, 0.15) is 37.4 Å². The number of phenols is 1. The number of nitrogens with one attached hydrogen (secondary N) is 1. The Morgan fingerprint density at radius 3 is 2.62 bits per heavy atom. The zero-order valence-electron chi connectivity index (χ0n) is 12.4. The predicted octanol–water partition coefficient (Wildman–Crippen LogP) is 3.55. The molecule has 0 saturated heterocycles. The Bertz CT molecular complexity index is 623. The standard InChI is InChI=1S/C17H21N3O/c1-2-11-18-17-14-5-3-4-6-15(14)19-16(20-17)12-7-9-13(21)10-8-12/h7-10,21H,2-6,11H2,1H3,(H,18,19,20). The molecule has 4 heteroatoms. The van der Waals surface area contributed by atoms with Crippen molar-refractivity contribution in [1.82, 2.24) is 9.97 Å². The first-order chi connectivity index (χ1) is 10.3. The van der Waals surface area contributed by atoms with Crippen LogP contribution < -0.4 is 5.32 Å². The molecule has 1 aromatic heterocycles. The van der Waals surface area contributed by atoms with E-state index in [-0.39, 0.29) is 5.75 Å². The first-order valence-corrected chi connectivity index (χ1v) is 7.71. The van der Waals surface area contributed by atoms with E-state index in [9.17, 15) is 5.11 Å². The Morgan fingerprint density at radius 1 is 1.10 bits per heavy atom. The van der Waals surface area contributed by atoms with E-state index in [1.807, 2.05) is 12.1 Å². The highest BCUT2D eigenvalue weighted by atomic mass is 16.3. The van der Waals surface area contributed by atoms with Gasteiger partial charge in [0.1, 0.15) is 11.6 Å². The van der Waals surface area contributed by atoms with Crippen LogP contribution in [0.3, 0.4) is 0 Å². The second-order valence-electron chi connectivity index (χ2n) is 5.50. The van der Waals surface area contributed by atoms with Gasteiger partial charge in [0.15, 0.2) is 5.82 Å². The molecule has 0 fully saturated rings. The summed E-state index contributed by atoms with van der Waals surface area (Å²) in [6.07, 6.45) is 5.59. The lowest BCUT2D eigenvalue weighted by atomic mass is 9.96. The van der Waals surface area contributed by atoms with E-state index in [0.29, 0.717) is 0 Å². The number of aromatic hydroxyl groups is 1. The van der Waals surface area contributed by atoms with Gasteiger partial charge in [0.2, 0.25) is 0 Å². The first-order valence-electron chi connectivity index (χ1n) is 7.71. The molecule has 1 heterocycles. The summed E-state index contributed by atoms with van der Waals surface area (Å²) in [5.74, 6) is 2.00. The van der Waals surface area contributed by atoms with Gasteiger partial charge < -0.3 is 10.4 Å². The molecule has 1 aromatic carbocycles. The number of nitrogens with zero attached hydrogens (tertiary/aromatic N) is 2. The smallest absolute Gasteiger partial charge is 0.161 e. The van der Waals surface area contributed by atoms with Crippen molar-refractivity contribution in [1.29, 1.82) is 0 Å². The van der Waals surface area contributed by atoms with Crippen molar-refractivity contribution in [3.8, 4) is 17.1 Å². The van der Waals surface area contributed by atoms with Crippen molar-refractivity contribution in [2.45, 2.75) is 39.0 Å². The summed E-state index contributed by atoms with van der Waals surface area (Å²) in [5.41, 5.74) is 3.41. The largest absolute Gasteiger partial charge is 0.508 e. The lowest BCUT2D eigenvalue weighted by molar-refractivity contribution is 0.475. The first kappa shape index (κ1) is 13.9. The maximum absolute atomic E-state index is 9.41. The summed E-state index contributed by atoms with van der Waals surface area (Å²) in [5, 5.41) is 12.9. The lowest BCUT2D eigenvalue weighted by Gasteiger charge is -2.19. The van der Waals surface area contributed by atoms with E-state index < -0.39 is 0 Å². The Labute approximate surface area is 125 Å². The molecule has 0 bridgehead atoms. The number of aryl methyl sites for hydroxylation is 1. The van der Waals surface area contributed by atoms with Crippen LogP contribution in [0.15, 0.2) is 24.3 Å². The van der Waals surface area contributed by atoms with Crippen molar-refractivity contribution in [2.24, 2.45) is 0 Å². The average molecular weight is 283 g/mol. The van der Waals surface area contributed by atoms with E-state index in [4.69, 9.17) is 9.97 Å². The van der Waals surface area contributed by atoms with Crippen LogP contribution in [0.2, 0.25) is 0 Å². The summed E-state index contributed by atoms with van der Waals surface area (Å²) in [6.45, 7) is 3.08. The van der Waals surface area contributed by atoms with E-state index >= 15 is 0 Å². The molecule has 0 saturated carbocycles. The second-order valence-corrected chi connectivity index (χ2v) is 5.50. The number of benzene rings is 1. The number of fused-ring (bicyclic) bond motifs is 1. The third-order valence-electron chi connectivity index (χ3n) is 3.85. The summed E-state index contributed by atoms with van der Waals surface area (Å²) in [6, 6.07) is 7.08. The Kier molecular flexibility index (Phi) is 4.04. The molecule has 0 spiro atoms. The minimum atomic E-state index is 0.265. The SMILES string of the molecule is CCCNc1nc(-c2ccc(O)cc2)nc2c1CCCC2. The van der Waals surface area contributed by atoms with E-state index in [1.165, 1.54) is 24.1 Å². The van der Waals surface area contributed by atoms with Gasteiger partial charge in [-0.3, -0.25) is 0 Å². The summed E-state index contributed by atoms with van der Waals surface area (Å²) in [4.78, 5) is 9.47. The van der Waals surface area contributed by atoms with Gasteiger partial charge in [0.25, 0.3) is 0 Å². The summed E-state index contributed by atoms with van der Waals surface area (Å²) in [7, 11) is 0. The molecule has 110 valence electrons. The van der Waals surface area contributed by atoms with Crippen LogP contribution in [0, 0.1) is 0 Å². The monoisotopic (exact) mass is 283 g/mol. The normalized spacial score (nSPS) is 13.8. The fraction of sp³-hybridized carbons (Fsp3) is 0.412. The second kappa shape index (κ2) is 6.12. The van der Waals surface area contributed by atoms with Gasteiger partial charge >= 0.3 is 0 Å². The van der Waals surface area contributed by atoms with Gasteiger partial charge in [0.05, 0.1) is 0 Å². The lowest BCUT2D eigenvalue weighted by Crippen LogP contribution is -2.14. The Balaban J connectivity index is 2.02. The van der Waals surface area contributed by atoms with Gasteiger partial charge in [-0.1, -0.05) is 6.92 Å². The van der Waals surface area contributed by atoms with Crippen LogP contribution in [-0.2, 0) is 12.8 Å². The number of hydrogen-bond donors (Lipinski definition) is 2. The molecule has 0 amide bonds.